The van der Waals surface area contributed by atoms with Crippen LogP contribution in [-0.4, -0.2) is 11.1 Å². The highest BCUT2D eigenvalue weighted by Gasteiger charge is 2.15. The zero-order valence-electron chi connectivity index (χ0n) is 11.4. The second-order valence-electron chi connectivity index (χ2n) is 4.84. The highest BCUT2D eigenvalue weighted by atomic mass is 19.1. The Balaban J connectivity index is 2.32. The highest BCUT2D eigenvalue weighted by Crippen LogP contribution is 2.30. The van der Waals surface area contributed by atoms with Crippen LogP contribution in [0.5, 0.6) is 5.88 Å². The minimum absolute atomic E-state index is 0.0778. The summed E-state index contributed by atoms with van der Waals surface area (Å²) in [7, 11) is 0. The maximum atomic E-state index is 13.0. The average Bonchev–Trinajstić information content (AvgIpc) is 2.39. The first-order valence-corrected chi connectivity index (χ1v) is 6.45. The van der Waals surface area contributed by atoms with Crippen molar-refractivity contribution in [2.45, 2.75) is 32.8 Å². The molecule has 1 heterocycles. The van der Waals surface area contributed by atoms with Crippen molar-refractivity contribution in [2.24, 2.45) is 0 Å². The number of halogens is 1. The zero-order valence-corrected chi connectivity index (χ0v) is 11.4. The molecule has 1 unspecified atom stereocenters. The topological polar surface area (TPSA) is 22.1 Å². The predicted molar refractivity (Wildman–Crippen MR) is 73.9 cm³/mol. The van der Waals surface area contributed by atoms with Crippen LogP contribution in [-0.2, 0) is 0 Å². The van der Waals surface area contributed by atoms with Crippen LogP contribution in [0.4, 0.5) is 4.39 Å². The Labute approximate surface area is 113 Å². The summed E-state index contributed by atoms with van der Waals surface area (Å²) in [6.07, 6.45) is 1.80. The summed E-state index contributed by atoms with van der Waals surface area (Å²) < 4.78 is 18.7. The Bertz CT molecular complexity index is 537. The number of nitrogens with zero attached hydrogens (tertiary/aromatic N) is 1. The van der Waals surface area contributed by atoms with E-state index in [0.717, 1.165) is 11.1 Å². The van der Waals surface area contributed by atoms with Gasteiger partial charge in [-0.1, -0.05) is 25.1 Å². The molecule has 1 aromatic carbocycles. The zero-order chi connectivity index (χ0) is 13.8. The van der Waals surface area contributed by atoms with Crippen molar-refractivity contribution >= 4 is 0 Å². The maximum Gasteiger partial charge on any atom is 0.217 e. The van der Waals surface area contributed by atoms with E-state index in [-0.39, 0.29) is 17.8 Å². The minimum atomic E-state index is -0.221. The van der Waals surface area contributed by atoms with Gasteiger partial charge in [0.2, 0.25) is 5.88 Å². The molecule has 0 amide bonds. The van der Waals surface area contributed by atoms with Crippen molar-refractivity contribution in [3.63, 3.8) is 0 Å². The van der Waals surface area contributed by atoms with E-state index in [0.29, 0.717) is 5.88 Å². The standard InChI is InChI=1S/C16H18FNO/c1-11(2)19-16-15(5-4-10-18-16)12(3)13-6-8-14(17)9-7-13/h4-12H,1-3H3. The molecule has 100 valence electrons. The molecule has 0 aliphatic carbocycles. The molecule has 0 radical (unpaired) electrons. The predicted octanol–water partition coefficient (Wildman–Crippen LogP) is 4.16. The van der Waals surface area contributed by atoms with Crippen LogP contribution >= 0.6 is 0 Å². The molecule has 0 N–H and O–H groups in total. The molecule has 1 aromatic heterocycles. The molecule has 0 aliphatic rings. The quantitative estimate of drug-likeness (QED) is 0.822. The van der Waals surface area contributed by atoms with Crippen molar-refractivity contribution in [3.05, 3.63) is 59.5 Å². The van der Waals surface area contributed by atoms with E-state index in [1.165, 1.54) is 12.1 Å². The van der Waals surface area contributed by atoms with Gasteiger partial charge in [-0.15, -0.1) is 0 Å². The van der Waals surface area contributed by atoms with Gasteiger partial charge in [0.1, 0.15) is 5.82 Å². The van der Waals surface area contributed by atoms with Crippen molar-refractivity contribution in [3.8, 4) is 5.88 Å². The second kappa shape index (κ2) is 5.83. The lowest BCUT2D eigenvalue weighted by Gasteiger charge is -2.17. The Morgan fingerprint density at radius 1 is 1.05 bits per heavy atom. The Kier molecular flexibility index (Phi) is 4.15. The lowest BCUT2D eigenvalue weighted by Crippen LogP contribution is -2.10. The SMILES string of the molecule is CC(C)Oc1ncccc1C(C)c1ccc(F)cc1. The van der Waals surface area contributed by atoms with Gasteiger partial charge in [0.05, 0.1) is 6.10 Å². The van der Waals surface area contributed by atoms with Crippen LogP contribution in [0.3, 0.4) is 0 Å². The number of ether oxygens (including phenoxy) is 1. The fourth-order valence-corrected chi connectivity index (χ4v) is 1.99. The average molecular weight is 259 g/mol. The molecule has 3 heteroatoms. The molecule has 0 spiro atoms. The van der Waals surface area contributed by atoms with Crippen molar-refractivity contribution in [1.82, 2.24) is 4.98 Å². The number of rotatable bonds is 4. The van der Waals surface area contributed by atoms with Crippen LogP contribution in [0.1, 0.15) is 37.8 Å². The van der Waals surface area contributed by atoms with Crippen molar-refractivity contribution < 1.29 is 9.13 Å². The van der Waals surface area contributed by atoms with Crippen LogP contribution in [0.2, 0.25) is 0 Å². The van der Waals surface area contributed by atoms with E-state index in [1.54, 1.807) is 18.3 Å². The first-order chi connectivity index (χ1) is 9.08. The Hall–Kier alpha value is -1.90. The van der Waals surface area contributed by atoms with E-state index < -0.39 is 0 Å². The summed E-state index contributed by atoms with van der Waals surface area (Å²) in [6, 6.07) is 10.4. The summed E-state index contributed by atoms with van der Waals surface area (Å²) >= 11 is 0. The molecule has 0 saturated heterocycles. The molecule has 1 atom stereocenters. The lowest BCUT2D eigenvalue weighted by molar-refractivity contribution is 0.229. The summed E-state index contributed by atoms with van der Waals surface area (Å²) in [6.45, 7) is 6.01. The molecule has 2 rings (SSSR count). The van der Waals surface area contributed by atoms with Crippen LogP contribution < -0.4 is 4.74 Å². The monoisotopic (exact) mass is 259 g/mol. The van der Waals surface area contributed by atoms with Gasteiger partial charge < -0.3 is 4.74 Å². The number of hydrogen-bond acceptors (Lipinski definition) is 2. The van der Waals surface area contributed by atoms with Gasteiger partial charge in [0.25, 0.3) is 0 Å². The van der Waals surface area contributed by atoms with Gasteiger partial charge in [-0.2, -0.15) is 0 Å². The molecular weight excluding hydrogens is 241 g/mol. The molecule has 0 bridgehead atoms. The highest BCUT2D eigenvalue weighted by molar-refractivity contribution is 5.37. The third-order valence-electron chi connectivity index (χ3n) is 2.98. The second-order valence-corrected chi connectivity index (χ2v) is 4.84. The molecule has 0 saturated carbocycles. The molecule has 19 heavy (non-hydrogen) atoms. The van der Waals surface area contributed by atoms with Gasteiger partial charge in [-0.25, -0.2) is 9.37 Å². The van der Waals surface area contributed by atoms with E-state index in [4.69, 9.17) is 4.74 Å². The van der Waals surface area contributed by atoms with Gasteiger partial charge >= 0.3 is 0 Å². The van der Waals surface area contributed by atoms with E-state index in [9.17, 15) is 4.39 Å². The lowest BCUT2D eigenvalue weighted by atomic mass is 9.94. The molecule has 0 fully saturated rings. The van der Waals surface area contributed by atoms with E-state index >= 15 is 0 Å². The van der Waals surface area contributed by atoms with Gasteiger partial charge in [-0.05, 0) is 37.6 Å². The number of hydrogen-bond donors (Lipinski definition) is 0. The maximum absolute atomic E-state index is 13.0. The van der Waals surface area contributed by atoms with Crippen molar-refractivity contribution in [2.75, 3.05) is 0 Å². The summed E-state index contributed by atoms with van der Waals surface area (Å²) in [5.74, 6) is 0.540. The fourth-order valence-electron chi connectivity index (χ4n) is 1.99. The summed E-state index contributed by atoms with van der Waals surface area (Å²) in [4.78, 5) is 4.29. The molecule has 2 aromatic rings. The smallest absolute Gasteiger partial charge is 0.217 e. The fraction of sp³-hybridized carbons (Fsp3) is 0.312. The summed E-state index contributed by atoms with van der Waals surface area (Å²) in [5, 5.41) is 0. The van der Waals surface area contributed by atoms with Crippen molar-refractivity contribution in [1.29, 1.82) is 0 Å². The first kappa shape index (κ1) is 13.5. The minimum Gasteiger partial charge on any atom is -0.475 e. The number of aromatic nitrogens is 1. The Morgan fingerprint density at radius 2 is 1.74 bits per heavy atom. The third-order valence-corrected chi connectivity index (χ3v) is 2.98. The van der Waals surface area contributed by atoms with Gasteiger partial charge in [0.15, 0.2) is 0 Å². The van der Waals surface area contributed by atoms with Crippen LogP contribution in [0.15, 0.2) is 42.6 Å². The molecule has 2 nitrogen and oxygen atoms in total. The normalized spacial score (nSPS) is 12.5. The number of pyridine rings is 1. The number of benzene rings is 1. The van der Waals surface area contributed by atoms with Crippen LogP contribution in [0, 0.1) is 5.82 Å². The molecule has 0 aliphatic heterocycles. The largest absolute Gasteiger partial charge is 0.475 e. The third kappa shape index (κ3) is 3.31. The van der Waals surface area contributed by atoms with Gasteiger partial charge in [0, 0.05) is 17.7 Å². The first-order valence-electron chi connectivity index (χ1n) is 6.45. The van der Waals surface area contributed by atoms with Crippen LogP contribution in [0.25, 0.3) is 0 Å². The van der Waals surface area contributed by atoms with Gasteiger partial charge in [-0.3, -0.25) is 0 Å². The summed E-state index contributed by atoms with van der Waals surface area (Å²) in [5.41, 5.74) is 2.06. The molecular formula is C16H18FNO. The van der Waals surface area contributed by atoms with E-state index in [2.05, 4.69) is 11.9 Å². The Morgan fingerprint density at radius 3 is 2.37 bits per heavy atom. The van der Waals surface area contributed by atoms with E-state index in [1.807, 2.05) is 26.0 Å².